The maximum absolute atomic E-state index is 13.4. The van der Waals surface area contributed by atoms with Crippen molar-refractivity contribution in [2.24, 2.45) is 0 Å². The fourth-order valence-corrected chi connectivity index (χ4v) is 3.94. The van der Waals surface area contributed by atoms with Crippen LogP contribution < -0.4 is 5.32 Å². The first kappa shape index (κ1) is 19.6. The molecule has 1 aliphatic rings. The fraction of sp³-hybridized carbons (Fsp3) is 0.478. The first-order valence-corrected chi connectivity index (χ1v) is 10.2. The van der Waals surface area contributed by atoms with E-state index in [1.807, 2.05) is 44.5 Å². The molecule has 4 rings (SSSR count). The maximum atomic E-state index is 13.4. The Labute approximate surface area is 171 Å². The minimum Gasteiger partial charge on any atom is -0.320 e. The molecule has 152 valence electrons. The summed E-state index contributed by atoms with van der Waals surface area (Å²) < 4.78 is 1.95. The van der Waals surface area contributed by atoms with Crippen molar-refractivity contribution < 1.29 is 4.79 Å². The number of aromatic nitrogens is 4. The van der Waals surface area contributed by atoms with Crippen molar-refractivity contribution in [3.63, 3.8) is 0 Å². The fourth-order valence-electron chi connectivity index (χ4n) is 3.94. The zero-order chi connectivity index (χ0) is 21.1. The summed E-state index contributed by atoms with van der Waals surface area (Å²) in [5.41, 5.74) is 6.59. The van der Waals surface area contributed by atoms with Gasteiger partial charge < -0.3 is 5.32 Å². The van der Waals surface area contributed by atoms with E-state index in [9.17, 15) is 4.79 Å². The first-order valence-electron chi connectivity index (χ1n) is 10.2. The van der Waals surface area contributed by atoms with E-state index in [4.69, 9.17) is 10.1 Å². The number of nitrogens with one attached hydrogen (secondary N) is 1. The molecule has 29 heavy (non-hydrogen) atoms. The maximum Gasteiger partial charge on any atom is 0.256 e. The van der Waals surface area contributed by atoms with Crippen LogP contribution in [0.25, 0.3) is 11.0 Å². The molecular formula is C23H29N5O. The van der Waals surface area contributed by atoms with Gasteiger partial charge in [0, 0.05) is 17.3 Å². The van der Waals surface area contributed by atoms with E-state index in [0.717, 1.165) is 57.9 Å². The molecule has 1 saturated carbocycles. The quantitative estimate of drug-likeness (QED) is 0.686. The monoisotopic (exact) mass is 391 g/mol. The van der Waals surface area contributed by atoms with Crippen molar-refractivity contribution in [2.75, 3.05) is 5.32 Å². The van der Waals surface area contributed by atoms with Gasteiger partial charge in [-0.2, -0.15) is 5.10 Å². The summed E-state index contributed by atoms with van der Waals surface area (Å²) in [7, 11) is 0. The molecule has 1 fully saturated rings. The topological polar surface area (TPSA) is 72.7 Å². The van der Waals surface area contributed by atoms with Crippen LogP contribution in [0.15, 0.2) is 12.1 Å². The predicted octanol–water partition coefficient (Wildman–Crippen LogP) is 4.94. The van der Waals surface area contributed by atoms with Crippen molar-refractivity contribution in [3.8, 4) is 0 Å². The van der Waals surface area contributed by atoms with E-state index in [1.54, 1.807) is 0 Å². The Hall–Kier alpha value is -2.76. The average molecular weight is 392 g/mol. The molecule has 0 aliphatic heterocycles. The highest BCUT2D eigenvalue weighted by Crippen LogP contribution is 2.41. The van der Waals surface area contributed by atoms with E-state index in [-0.39, 0.29) is 11.4 Å². The lowest BCUT2D eigenvalue weighted by molar-refractivity contribution is 0.102. The lowest BCUT2D eigenvalue weighted by Gasteiger charge is -2.20. The highest BCUT2D eigenvalue weighted by molar-refractivity contribution is 6.13. The summed E-state index contributed by atoms with van der Waals surface area (Å²) >= 11 is 0. The Kier molecular flexibility index (Phi) is 4.48. The highest BCUT2D eigenvalue weighted by Gasteiger charge is 2.30. The second kappa shape index (κ2) is 6.65. The first-order chi connectivity index (χ1) is 13.6. The Morgan fingerprint density at radius 3 is 2.34 bits per heavy atom. The van der Waals surface area contributed by atoms with Crippen LogP contribution in [0.4, 0.5) is 5.69 Å². The van der Waals surface area contributed by atoms with Crippen molar-refractivity contribution in [1.29, 1.82) is 0 Å². The molecule has 6 nitrogen and oxygen atoms in total. The van der Waals surface area contributed by atoms with Gasteiger partial charge in [0.1, 0.15) is 0 Å². The lowest BCUT2D eigenvalue weighted by atomic mass is 10.1. The van der Waals surface area contributed by atoms with Crippen LogP contribution in [-0.4, -0.2) is 25.7 Å². The highest BCUT2D eigenvalue weighted by atomic mass is 16.1. The predicted molar refractivity (Wildman–Crippen MR) is 116 cm³/mol. The molecule has 1 amide bonds. The third kappa shape index (κ3) is 3.52. The van der Waals surface area contributed by atoms with Gasteiger partial charge in [0.05, 0.1) is 33.6 Å². The van der Waals surface area contributed by atoms with Crippen molar-refractivity contribution in [2.45, 2.75) is 72.8 Å². The third-order valence-electron chi connectivity index (χ3n) is 5.47. The van der Waals surface area contributed by atoms with E-state index in [1.165, 1.54) is 0 Å². The van der Waals surface area contributed by atoms with Crippen molar-refractivity contribution in [1.82, 2.24) is 19.7 Å². The van der Waals surface area contributed by atoms with Crippen LogP contribution >= 0.6 is 0 Å². The number of hydrogen-bond acceptors (Lipinski definition) is 4. The summed E-state index contributed by atoms with van der Waals surface area (Å²) in [5.74, 6) is 0.312. The summed E-state index contributed by atoms with van der Waals surface area (Å²) in [6, 6.07) is 3.95. The molecule has 0 spiro atoms. The van der Waals surface area contributed by atoms with E-state index in [0.29, 0.717) is 11.5 Å². The van der Waals surface area contributed by atoms with Gasteiger partial charge >= 0.3 is 0 Å². The Bertz CT molecular complexity index is 1110. The van der Waals surface area contributed by atoms with Crippen molar-refractivity contribution >= 4 is 22.6 Å². The summed E-state index contributed by atoms with van der Waals surface area (Å²) in [5, 5.41) is 8.68. The average Bonchev–Trinajstić information content (AvgIpc) is 3.40. The second-order valence-electron chi connectivity index (χ2n) is 9.23. The van der Waals surface area contributed by atoms with Crippen LogP contribution in [0.2, 0.25) is 0 Å². The SMILES string of the molecule is Cc1cc(C)c(NC(=O)c2cc(C3CC3)nc3c2c(C)nn3C(C)(C)C)c(C)n1. The molecule has 3 aromatic rings. The lowest BCUT2D eigenvalue weighted by Crippen LogP contribution is -2.24. The molecule has 0 bridgehead atoms. The minimum atomic E-state index is -0.219. The van der Waals surface area contributed by atoms with Crippen molar-refractivity contribution in [3.05, 3.63) is 46.0 Å². The number of rotatable bonds is 3. The van der Waals surface area contributed by atoms with Crippen LogP contribution in [0.1, 0.15) is 78.2 Å². The number of carbonyl (C=O) groups excluding carboxylic acids is 1. The number of amides is 1. The largest absolute Gasteiger partial charge is 0.320 e. The Balaban J connectivity index is 1.87. The van der Waals surface area contributed by atoms with Gasteiger partial charge in [-0.05, 0) is 79.0 Å². The van der Waals surface area contributed by atoms with Gasteiger partial charge in [0.15, 0.2) is 5.65 Å². The zero-order valence-electron chi connectivity index (χ0n) is 18.3. The van der Waals surface area contributed by atoms with Gasteiger partial charge in [-0.1, -0.05) is 0 Å². The smallest absolute Gasteiger partial charge is 0.256 e. The van der Waals surface area contributed by atoms with Crippen LogP contribution in [0, 0.1) is 27.7 Å². The number of fused-ring (bicyclic) bond motifs is 1. The molecule has 3 aromatic heterocycles. The number of pyridine rings is 2. The number of aryl methyl sites for hydroxylation is 4. The van der Waals surface area contributed by atoms with Gasteiger partial charge in [-0.15, -0.1) is 0 Å². The second-order valence-corrected chi connectivity index (χ2v) is 9.23. The normalized spacial score (nSPS) is 14.4. The molecule has 1 N–H and O–H groups in total. The molecule has 6 heteroatoms. The molecule has 0 unspecified atom stereocenters. The van der Waals surface area contributed by atoms with E-state index in [2.05, 4.69) is 31.1 Å². The number of nitrogens with zero attached hydrogens (tertiary/aromatic N) is 4. The Morgan fingerprint density at radius 2 is 1.76 bits per heavy atom. The Morgan fingerprint density at radius 1 is 1.07 bits per heavy atom. The molecular weight excluding hydrogens is 362 g/mol. The van der Waals surface area contributed by atoms with Gasteiger partial charge in [0.2, 0.25) is 0 Å². The van der Waals surface area contributed by atoms with Gasteiger partial charge in [0.25, 0.3) is 5.91 Å². The summed E-state index contributed by atoms with van der Waals surface area (Å²) in [6.45, 7) is 14.2. The number of anilines is 1. The van der Waals surface area contributed by atoms with Gasteiger partial charge in [-0.25, -0.2) is 9.67 Å². The number of carbonyl (C=O) groups is 1. The molecule has 0 aromatic carbocycles. The molecule has 0 radical (unpaired) electrons. The summed E-state index contributed by atoms with van der Waals surface area (Å²) in [4.78, 5) is 22.9. The minimum absolute atomic E-state index is 0.132. The summed E-state index contributed by atoms with van der Waals surface area (Å²) in [6.07, 6.45) is 2.25. The van der Waals surface area contributed by atoms with Gasteiger partial charge in [-0.3, -0.25) is 9.78 Å². The zero-order valence-corrected chi connectivity index (χ0v) is 18.3. The molecule has 0 atom stereocenters. The van der Waals surface area contributed by atoms with E-state index < -0.39 is 0 Å². The number of hydrogen-bond donors (Lipinski definition) is 1. The molecule has 3 heterocycles. The van der Waals surface area contributed by atoms with Crippen LogP contribution in [0.5, 0.6) is 0 Å². The van der Waals surface area contributed by atoms with E-state index >= 15 is 0 Å². The third-order valence-corrected chi connectivity index (χ3v) is 5.47. The standard InChI is InChI=1S/C23H29N5O/c1-12-10-13(2)24-15(4)20(12)26-22(29)17-11-18(16-8-9-16)25-21-19(17)14(3)27-28(21)23(5,6)7/h10-11,16H,8-9H2,1-7H3,(H,26,29). The van der Waals surface area contributed by atoms with Crippen LogP contribution in [-0.2, 0) is 5.54 Å². The molecule has 1 aliphatic carbocycles. The van der Waals surface area contributed by atoms with Crippen LogP contribution in [0.3, 0.4) is 0 Å². The molecule has 0 saturated heterocycles.